The van der Waals surface area contributed by atoms with Gasteiger partial charge in [0.05, 0.1) is 5.56 Å². The minimum absolute atomic E-state index is 0.239. The van der Waals surface area contributed by atoms with E-state index < -0.39 is 5.97 Å². The number of nitrogens with one attached hydrogen (secondary N) is 1. The highest BCUT2D eigenvalue weighted by Gasteiger charge is 2.38. The minimum atomic E-state index is -0.873. The normalized spacial score (nSPS) is 15.8. The molecule has 3 heteroatoms. The molecule has 24 heavy (non-hydrogen) atoms. The lowest BCUT2D eigenvalue weighted by atomic mass is 9.64. The van der Waals surface area contributed by atoms with E-state index in [1.54, 1.807) is 12.1 Å². The van der Waals surface area contributed by atoms with E-state index in [-0.39, 0.29) is 5.41 Å². The quantitative estimate of drug-likeness (QED) is 0.837. The van der Waals surface area contributed by atoms with Crippen LogP contribution in [0.5, 0.6) is 0 Å². The third-order valence-electron chi connectivity index (χ3n) is 5.40. The van der Waals surface area contributed by atoms with Gasteiger partial charge in [-0.05, 0) is 61.1 Å². The molecule has 1 fully saturated rings. The molecule has 1 aliphatic carbocycles. The Morgan fingerprint density at radius 1 is 1.12 bits per heavy atom. The van der Waals surface area contributed by atoms with Crippen molar-refractivity contribution in [3.63, 3.8) is 0 Å². The molecule has 3 rings (SSSR count). The number of carboxylic acids is 1. The van der Waals surface area contributed by atoms with Gasteiger partial charge in [0.1, 0.15) is 0 Å². The minimum Gasteiger partial charge on any atom is -0.478 e. The molecule has 0 spiro atoms. The maximum atomic E-state index is 11.1. The van der Waals surface area contributed by atoms with Gasteiger partial charge >= 0.3 is 5.97 Å². The molecule has 0 radical (unpaired) electrons. The second-order valence-electron chi connectivity index (χ2n) is 7.04. The maximum absolute atomic E-state index is 11.1. The summed E-state index contributed by atoms with van der Waals surface area (Å²) in [5.41, 5.74) is 5.73. The molecule has 0 bridgehead atoms. The zero-order valence-corrected chi connectivity index (χ0v) is 14.4. The monoisotopic (exact) mass is 323 g/mol. The molecular formula is C21H25NO2. The molecule has 0 amide bonds. The lowest BCUT2D eigenvalue weighted by molar-refractivity contribution is 0.0696. The van der Waals surface area contributed by atoms with Crippen LogP contribution in [-0.2, 0) is 12.0 Å². The first-order chi connectivity index (χ1) is 11.5. The summed E-state index contributed by atoms with van der Waals surface area (Å²) in [6.45, 7) is 5.97. The number of aromatic carboxylic acids is 1. The van der Waals surface area contributed by atoms with Crippen molar-refractivity contribution in [1.82, 2.24) is 5.32 Å². The fourth-order valence-electron chi connectivity index (χ4n) is 3.50. The van der Waals surface area contributed by atoms with Crippen molar-refractivity contribution in [1.29, 1.82) is 0 Å². The third-order valence-corrected chi connectivity index (χ3v) is 5.40. The van der Waals surface area contributed by atoms with Gasteiger partial charge in [-0.3, -0.25) is 0 Å². The molecule has 3 nitrogen and oxygen atoms in total. The summed E-state index contributed by atoms with van der Waals surface area (Å²) in [6, 6.07) is 14.0. The van der Waals surface area contributed by atoms with E-state index in [0.29, 0.717) is 12.1 Å². The SMILES string of the molecule is Cc1ccc(C2(CNCc3cccc(C(=O)O)c3)CCC2)cc1C. The molecule has 0 unspecified atom stereocenters. The Hall–Kier alpha value is -2.13. The van der Waals surface area contributed by atoms with E-state index in [9.17, 15) is 4.79 Å². The van der Waals surface area contributed by atoms with Crippen LogP contribution in [0.25, 0.3) is 0 Å². The van der Waals surface area contributed by atoms with Crippen LogP contribution in [0.1, 0.15) is 51.9 Å². The first-order valence-electron chi connectivity index (χ1n) is 8.61. The van der Waals surface area contributed by atoms with Crippen LogP contribution in [-0.4, -0.2) is 17.6 Å². The molecule has 2 aromatic rings. The van der Waals surface area contributed by atoms with Crippen molar-refractivity contribution < 1.29 is 9.90 Å². The number of aryl methyl sites for hydroxylation is 2. The molecule has 0 aliphatic heterocycles. The Bertz CT molecular complexity index is 747. The number of hydrogen-bond acceptors (Lipinski definition) is 2. The van der Waals surface area contributed by atoms with Crippen molar-refractivity contribution in [2.75, 3.05) is 6.54 Å². The molecule has 0 atom stereocenters. The Morgan fingerprint density at radius 3 is 2.54 bits per heavy atom. The summed E-state index contributed by atoms with van der Waals surface area (Å²) in [5, 5.41) is 12.6. The van der Waals surface area contributed by atoms with Crippen LogP contribution >= 0.6 is 0 Å². The molecule has 1 aliphatic rings. The third kappa shape index (κ3) is 3.36. The molecular weight excluding hydrogens is 298 g/mol. The highest BCUT2D eigenvalue weighted by Crippen LogP contribution is 2.43. The predicted molar refractivity (Wildman–Crippen MR) is 96.6 cm³/mol. The topological polar surface area (TPSA) is 49.3 Å². The molecule has 0 aromatic heterocycles. The maximum Gasteiger partial charge on any atom is 0.335 e. The van der Waals surface area contributed by atoms with E-state index in [4.69, 9.17) is 5.11 Å². The molecule has 1 saturated carbocycles. The second-order valence-corrected chi connectivity index (χ2v) is 7.04. The van der Waals surface area contributed by atoms with E-state index in [1.807, 2.05) is 12.1 Å². The van der Waals surface area contributed by atoms with Gasteiger partial charge in [-0.1, -0.05) is 36.8 Å². The van der Waals surface area contributed by atoms with Gasteiger partial charge in [0, 0.05) is 18.5 Å². The zero-order valence-electron chi connectivity index (χ0n) is 14.4. The average Bonchev–Trinajstić information content (AvgIpc) is 2.53. The van der Waals surface area contributed by atoms with Crippen molar-refractivity contribution in [2.45, 2.75) is 45.1 Å². The first-order valence-corrected chi connectivity index (χ1v) is 8.61. The number of carboxylic acid groups (broad SMARTS) is 1. The zero-order chi connectivity index (χ0) is 17.2. The van der Waals surface area contributed by atoms with Crippen LogP contribution in [0.2, 0.25) is 0 Å². The Morgan fingerprint density at radius 2 is 1.92 bits per heavy atom. The predicted octanol–water partition coefficient (Wildman–Crippen LogP) is 4.21. The van der Waals surface area contributed by atoms with Crippen LogP contribution in [0, 0.1) is 13.8 Å². The van der Waals surface area contributed by atoms with Crippen LogP contribution < -0.4 is 5.32 Å². The van der Waals surface area contributed by atoms with Crippen molar-refractivity contribution in [3.8, 4) is 0 Å². The molecule has 0 heterocycles. The number of hydrogen-bond donors (Lipinski definition) is 2. The van der Waals surface area contributed by atoms with Crippen molar-refractivity contribution >= 4 is 5.97 Å². The lowest BCUT2D eigenvalue weighted by Gasteiger charge is -2.43. The summed E-state index contributed by atoms with van der Waals surface area (Å²) in [6.07, 6.45) is 3.72. The Labute approximate surface area is 143 Å². The summed E-state index contributed by atoms with van der Waals surface area (Å²) < 4.78 is 0. The summed E-state index contributed by atoms with van der Waals surface area (Å²) >= 11 is 0. The van der Waals surface area contributed by atoms with E-state index in [1.165, 1.54) is 36.0 Å². The molecule has 2 N–H and O–H groups in total. The van der Waals surface area contributed by atoms with Gasteiger partial charge < -0.3 is 10.4 Å². The smallest absolute Gasteiger partial charge is 0.335 e. The molecule has 2 aromatic carbocycles. The first kappa shape index (κ1) is 16.7. The van der Waals surface area contributed by atoms with Gasteiger partial charge in [0.25, 0.3) is 0 Å². The fourth-order valence-corrected chi connectivity index (χ4v) is 3.50. The standard InChI is InChI=1S/C21H25NO2/c1-15-7-8-19(11-16(15)2)21(9-4-10-21)14-22-13-17-5-3-6-18(12-17)20(23)24/h3,5-8,11-12,22H,4,9-10,13-14H2,1-2H3,(H,23,24). The van der Waals surface area contributed by atoms with Gasteiger partial charge in [0.2, 0.25) is 0 Å². The Kier molecular flexibility index (Phi) is 4.72. The largest absolute Gasteiger partial charge is 0.478 e. The number of carbonyl (C=O) groups is 1. The highest BCUT2D eigenvalue weighted by atomic mass is 16.4. The molecule has 0 saturated heterocycles. The lowest BCUT2D eigenvalue weighted by Crippen LogP contribution is -2.43. The van der Waals surface area contributed by atoms with Gasteiger partial charge in [-0.2, -0.15) is 0 Å². The highest BCUT2D eigenvalue weighted by molar-refractivity contribution is 5.87. The Balaban J connectivity index is 1.67. The van der Waals surface area contributed by atoms with Crippen molar-refractivity contribution in [2.24, 2.45) is 0 Å². The van der Waals surface area contributed by atoms with Gasteiger partial charge in [-0.15, -0.1) is 0 Å². The number of rotatable bonds is 6. The number of benzene rings is 2. The average molecular weight is 323 g/mol. The van der Waals surface area contributed by atoms with Crippen LogP contribution in [0.15, 0.2) is 42.5 Å². The van der Waals surface area contributed by atoms with E-state index in [2.05, 4.69) is 37.4 Å². The van der Waals surface area contributed by atoms with Crippen molar-refractivity contribution in [3.05, 3.63) is 70.3 Å². The van der Waals surface area contributed by atoms with Crippen LogP contribution in [0.4, 0.5) is 0 Å². The summed E-state index contributed by atoms with van der Waals surface area (Å²) in [5.74, 6) is -0.873. The van der Waals surface area contributed by atoms with Crippen LogP contribution in [0.3, 0.4) is 0 Å². The molecule has 126 valence electrons. The fraction of sp³-hybridized carbons (Fsp3) is 0.381. The summed E-state index contributed by atoms with van der Waals surface area (Å²) in [4.78, 5) is 11.1. The van der Waals surface area contributed by atoms with Gasteiger partial charge in [-0.25, -0.2) is 4.79 Å². The van der Waals surface area contributed by atoms with Gasteiger partial charge in [0.15, 0.2) is 0 Å². The summed E-state index contributed by atoms with van der Waals surface area (Å²) in [7, 11) is 0. The van der Waals surface area contributed by atoms with E-state index >= 15 is 0 Å². The van der Waals surface area contributed by atoms with E-state index in [0.717, 1.165) is 12.1 Å². The second kappa shape index (κ2) is 6.78.